The van der Waals surface area contributed by atoms with Crippen LogP contribution in [-0.4, -0.2) is 45.6 Å². The molecule has 4 rings (SSSR count). The Bertz CT molecular complexity index is 1070. The van der Waals surface area contributed by atoms with Crippen LogP contribution in [0.3, 0.4) is 0 Å². The van der Waals surface area contributed by atoms with Gasteiger partial charge in [0, 0.05) is 19.2 Å². The SMILES string of the molecule is O=C1CCC(N2C(=O)c3cccc(CNC(=O)Nc4ccccn4)c3C2=O)C(=O)N1. The molecule has 152 valence electrons. The number of amides is 6. The van der Waals surface area contributed by atoms with Gasteiger partial charge in [-0.1, -0.05) is 18.2 Å². The van der Waals surface area contributed by atoms with Crippen LogP contribution in [0.15, 0.2) is 42.6 Å². The van der Waals surface area contributed by atoms with Crippen LogP contribution in [0.1, 0.15) is 39.1 Å². The number of benzene rings is 1. The van der Waals surface area contributed by atoms with Gasteiger partial charge in [0.2, 0.25) is 11.8 Å². The molecule has 30 heavy (non-hydrogen) atoms. The van der Waals surface area contributed by atoms with Gasteiger partial charge in [0.05, 0.1) is 11.1 Å². The van der Waals surface area contributed by atoms with Gasteiger partial charge in [-0.15, -0.1) is 0 Å². The molecule has 1 aromatic carbocycles. The number of piperidine rings is 1. The molecule has 0 radical (unpaired) electrons. The first-order valence-electron chi connectivity index (χ1n) is 9.25. The lowest BCUT2D eigenvalue weighted by Crippen LogP contribution is -2.54. The molecule has 2 aliphatic rings. The summed E-state index contributed by atoms with van der Waals surface area (Å²) in [5.41, 5.74) is 0.747. The maximum Gasteiger partial charge on any atom is 0.320 e. The molecule has 1 aromatic heterocycles. The van der Waals surface area contributed by atoms with E-state index in [1.54, 1.807) is 30.3 Å². The van der Waals surface area contributed by atoms with E-state index in [2.05, 4.69) is 20.9 Å². The number of carbonyl (C=O) groups excluding carboxylic acids is 5. The van der Waals surface area contributed by atoms with Gasteiger partial charge < -0.3 is 5.32 Å². The zero-order valence-electron chi connectivity index (χ0n) is 15.7. The third-order valence-corrected chi connectivity index (χ3v) is 4.90. The third kappa shape index (κ3) is 3.50. The number of aromatic nitrogens is 1. The quantitative estimate of drug-likeness (QED) is 0.641. The molecule has 10 heteroatoms. The van der Waals surface area contributed by atoms with Crippen molar-refractivity contribution < 1.29 is 24.0 Å². The summed E-state index contributed by atoms with van der Waals surface area (Å²) in [6.07, 6.45) is 1.66. The zero-order valence-corrected chi connectivity index (χ0v) is 15.7. The molecule has 1 unspecified atom stereocenters. The predicted molar refractivity (Wildman–Crippen MR) is 103 cm³/mol. The first-order chi connectivity index (χ1) is 14.5. The van der Waals surface area contributed by atoms with E-state index >= 15 is 0 Å². The molecule has 2 aromatic rings. The van der Waals surface area contributed by atoms with E-state index in [4.69, 9.17) is 0 Å². The van der Waals surface area contributed by atoms with E-state index in [0.717, 1.165) is 4.90 Å². The zero-order chi connectivity index (χ0) is 21.3. The van der Waals surface area contributed by atoms with Crippen molar-refractivity contribution in [3.63, 3.8) is 0 Å². The van der Waals surface area contributed by atoms with E-state index in [1.807, 2.05) is 0 Å². The highest BCUT2D eigenvalue weighted by Crippen LogP contribution is 2.29. The maximum absolute atomic E-state index is 13.0. The van der Waals surface area contributed by atoms with Crippen LogP contribution in [0.25, 0.3) is 0 Å². The first kappa shape index (κ1) is 19.2. The van der Waals surface area contributed by atoms with Crippen LogP contribution in [0, 0.1) is 0 Å². The molecule has 6 amide bonds. The number of imide groups is 2. The number of fused-ring (bicyclic) bond motifs is 1. The van der Waals surface area contributed by atoms with Gasteiger partial charge in [-0.25, -0.2) is 9.78 Å². The molecule has 3 heterocycles. The second kappa shape index (κ2) is 7.74. The minimum Gasteiger partial charge on any atom is -0.334 e. The van der Waals surface area contributed by atoms with Gasteiger partial charge in [0.25, 0.3) is 11.8 Å². The van der Waals surface area contributed by atoms with Gasteiger partial charge in [0.1, 0.15) is 11.9 Å². The lowest BCUT2D eigenvalue weighted by molar-refractivity contribution is -0.136. The summed E-state index contributed by atoms with van der Waals surface area (Å²) in [5, 5.41) is 7.34. The van der Waals surface area contributed by atoms with Gasteiger partial charge in [0.15, 0.2) is 0 Å². The largest absolute Gasteiger partial charge is 0.334 e. The number of anilines is 1. The molecule has 0 bridgehead atoms. The summed E-state index contributed by atoms with van der Waals surface area (Å²) in [6, 6.07) is 8.23. The monoisotopic (exact) mass is 407 g/mol. The van der Waals surface area contributed by atoms with Gasteiger partial charge in [-0.2, -0.15) is 0 Å². The van der Waals surface area contributed by atoms with Gasteiger partial charge in [-0.05, 0) is 30.2 Å². The molecular formula is C20H17N5O5. The number of nitrogens with zero attached hydrogens (tertiary/aromatic N) is 2. The van der Waals surface area contributed by atoms with Crippen LogP contribution in [-0.2, 0) is 16.1 Å². The van der Waals surface area contributed by atoms with Gasteiger partial charge >= 0.3 is 6.03 Å². The Balaban J connectivity index is 1.51. The number of urea groups is 1. The highest BCUT2D eigenvalue weighted by molar-refractivity contribution is 6.24. The molecule has 10 nitrogen and oxygen atoms in total. The molecule has 0 aliphatic carbocycles. The Kier molecular flexibility index (Phi) is 4.97. The Labute approximate surface area is 170 Å². The van der Waals surface area contributed by atoms with Crippen LogP contribution >= 0.6 is 0 Å². The van der Waals surface area contributed by atoms with Crippen molar-refractivity contribution in [1.29, 1.82) is 0 Å². The molecule has 0 spiro atoms. The van der Waals surface area contributed by atoms with E-state index in [-0.39, 0.29) is 30.5 Å². The summed E-state index contributed by atoms with van der Waals surface area (Å²) in [5.74, 6) is -1.95. The summed E-state index contributed by atoms with van der Waals surface area (Å²) in [7, 11) is 0. The molecule has 2 aliphatic heterocycles. The van der Waals surface area contributed by atoms with Crippen LogP contribution in [0.5, 0.6) is 0 Å². The predicted octanol–water partition coefficient (Wildman–Crippen LogP) is 0.804. The summed E-state index contributed by atoms with van der Waals surface area (Å²) in [6.45, 7) is -0.00987. The lowest BCUT2D eigenvalue weighted by Gasteiger charge is -2.27. The second-order valence-corrected chi connectivity index (χ2v) is 6.81. The fraction of sp³-hybridized carbons (Fsp3) is 0.200. The van der Waals surface area contributed by atoms with E-state index in [0.29, 0.717) is 11.4 Å². The highest BCUT2D eigenvalue weighted by atomic mass is 16.2. The Morgan fingerprint density at radius 2 is 1.93 bits per heavy atom. The van der Waals surface area contributed by atoms with Crippen molar-refractivity contribution in [1.82, 2.24) is 20.5 Å². The van der Waals surface area contributed by atoms with Crippen molar-refractivity contribution >= 4 is 35.5 Å². The van der Waals surface area contributed by atoms with Crippen LogP contribution in [0.2, 0.25) is 0 Å². The fourth-order valence-electron chi connectivity index (χ4n) is 3.50. The average molecular weight is 407 g/mol. The number of rotatable bonds is 4. The molecule has 1 fully saturated rings. The normalized spacial score (nSPS) is 18.1. The Morgan fingerprint density at radius 1 is 1.10 bits per heavy atom. The number of nitrogens with one attached hydrogen (secondary N) is 3. The van der Waals surface area contributed by atoms with Crippen molar-refractivity contribution in [3.05, 3.63) is 59.3 Å². The Morgan fingerprint density at radius 3 is 2.67 bits per heavy atom. The molecule has 1 atom stereocenters. The fourth-order valence-corrected chi connectivity index (χ4v) is 3.50. The maximum atomic E-state index is 13.0. The smallest absolute Gasteiger partial charge is 0.320 e. The van der Waals surface area contributed by atoms with E-state index < -0.39 is 35.7 Å². The van der Waals surface area contributed by atoms with E-state index in [1.165, 1.54) is 12.3 Å². The standard InChI is InChI=1S/C20H17N5O5/c26-15-8-7-13(17(27)24-15)25-18(28)12-5-3-4-11(16(12)19(25)29)10-22-20(30)23-14-6-1-2-9-21-14/h1-6,9,13H,7-8,10H2,(H,24,26,27)(H2,21,22,23,30). The Hall–Kier alpha value is -4.08. The lowest BCUT2D eigenvalue weighted by atomic mass is 10.0. The topological polar surface area (TPSA) is 138 Å². The minimum absolute atomic E-state index is 0.00987. The van der Waals surface area contributed by atoms with Crippen LogP contribution in [0.4, 0.5) is 10.6 Å². The molecule has 1 saturated heterocycles. The number of hydrogen-bond donors (Lipinski definition) is 3. The first-order valence-corrected chi connectivity index (χ1v) is 9.25. The van der Waals surface area contributed by atoms with Crippen LogP contribution < -0.4 is 16.0 Å². The molecule has 3 N–H and O–H groups in total. The van der Waals surface area contributed by atoms with Crippen molar-refractivity contribution in [2.75, 3.05) is 5.32 Å². The van der Waals surface area contributed by atoms with Crippen molar-refractivity contribution in [3.8, 4) is 0 Å². The second-order valence-electron chi connectivity index (χ2n) is 6.81. The van der Waals surface area contributed by atoms with Crippen molar-refractivity contribution in [2.24, 2.45) is 0 Å². The van der Waals surface area contributed by atoms with Gasteiger partial charge in [-0.3, -0.25) is 34.7 Å². The average Bonchev–Trinajstić information content (AvgIpc) is 2.98. The summed E-state index contributed by atoms with van der Waals surface area (Å²) < 4.78 is 0. The summed E-state index contributed by atoms with van der Waals surface area (Å²) in [4.78, 5) is 66.3. The number of hydrogen-bond acceptors (Lipinski definition) is 6. The molecular weight excluding hydrogens is 390 g/mol. The number of carbonyl (C=O) groups is 5. The third-order valence-electron chi connectivity index (χ3n) is 4.90. The minimum atomic E-state index is -1.04. The van der Waals surface area contributed by atoms with Crippen molar-refractivity contribution in [2.45, 2.75) is 25.4 Å². The highest BCUT2D eigenvalue weighted by Gasteiger charge is 2.45. The number of pyridine rings is 1. The summed E-state index contributed by atoms with van der Waals surface area (Å²) >= 11 is 0. The van der Waals surface area contributed by atoms with E-state index in [9.17, 15) is 24.0 Å². The molecule has 0 saturated carbocycles.